The molecular formula is C13H15N3O4. The van der Waals surface area contributed by atoms with E-state index < -0.39 is 11.1 Å². The van der Waals surface area contributed by atoms with Crippen molar-refractivity contribution >= 4 is 11.0 Å². The minimum Gasteiger partial charge on any atom is -0.376 e. The molecule has 1 aromatic heterocycles. The van der Waals surface area contributed by atoms with Crippen molar-refractivity contribution in [2.75, 3.05) is 19.8 Å². The standard InChI is InChI=1S/C13H15N3O4/c14-11(10-6-19-3-4-20-10)7-1-2-8-9(5-7)16-13(18)12(17)15-8/h1-2,5,10-11H,3-4,6,14H2,(H,15,17)(H,16,18). The first kappa shape index (κ1) is 13.0. The van der Waals surface area contributed by atoms with Gasteiger partial charge in [0.1, 0.15) is 6.10 Å². The van der Waals surface area contributed by atoms with Crippen LogP contribution >= 0.6 is 0 Å². The van der Waals surface area contributed by atoms with Gasteiger partial charge in [-0.05, 0) is 17.7 Å². The summed E-state index contributed by atoms with van der Waals surface area (Å²) < 4.78 is 10.9. The van der Waals surface area contributed by atoms with E-state index in [1.54, 1.807) is 18.2 Å². The molecule has 0 aliphatic carbocycles. The number of hydrogen-bond donors (Lipinski definition) is 3. The third-order valence-corrected chi connectivity index (χ3v) is 3.37. The predicted octanol–water partition coefficient (Wildman–Crippen LogP) is -0.368. The maximum absolute atomic E-state index is 11.3. The largest absolute Gasteiger partial charge is 0.376 e. The molecule has 0 radical (unpaired) electrons. The molecule has 1 saturated heterocycles. The van der Waals surface area contributed by atoms with Crippen molar-refractivity contribution in [1.29, 1.82) is 0 Å². The molecule has 7 heteroatoms. The van der Waals surface area contributed by atoms with Crippen LogP contribution in [-0.4, -0.2) is 35.9 Å². The summed E-state index contributed by atoms with van der Waals surface area (Å²) in [5, 5.41) is 0. The van der Waals surface area contributed by atoms with Crippen LogP contribution in [-0.2, 0) is 9.47 Å². The van der Waals surface area contributed by atoms with E-state index in [2.05, 4.69) is 9.97 Å². The van der Waals surface area contributed by atoms with Crippen LogP contribution in [0.5, 0.6) is 0 Å². The molecule has 0 amide bonds. The Morgan fingerprint density at radius 1 is 1.15 bits per heavy atom. The second-order valence-corrected chi connectivity index (χ2v) is 4.72. The summed E-state index contributed by atoms with van der Waals surface area (Å²) in [5.41, 5.74) is 6.73. The molecule has 2 heterocycles. The first-order valence-corrected chi connectivity index (χ1v) is 6.36. The highest BCUT2D eigenvalue weighted by Crippen LogP contribution is 2.21. The van der Waals surface area contributed by atoms with Gasteiger partial charge in [-0.3, -0.25) is 9.59 Å². The van der Waals surface area contributed by atoms with Gasteiger partial charge in [0.25, 0.3) is 0 Å². The minimum atomic E-state index is -0.680. The van der Waals surface area contributed by atoms with Gasteiger partial charge in [0, 0.05) is 0 Å². The number of rotatable bonds is 2. The maximum Gasteiger partial charge on any atom is 0.314 e. The number of nitrogens with two attached hydrogens (primary N) is 1. The normalized spacial score (nSPS) is 20.9. The number of aromatic nitrogens is 2. The van der Waals surface area contributed by atoms with Gasteiger partial charge in [-0.15, -0.1) is 0 Å². The van der Waals surface area contributed by atoms with Crippen LogP contribution in [0.1, 0.15) is 11.6 Å². The van der Waals surface area contributed by atoms with E-state index in [0.717, 1.165) is 5.56 Å². The lowest BCUT2D eigenvalue weighted by Gasteiger charge is -2.28. The van der Waals surface area contributed by atoms with Crippen molar-refractivity contribution in [1.82, 2.24) is 9.97 Å². The van der Waals surface area contributed by atoms with Crippen LogP contribution in [0.15, 0.2) is 27.8 Å². The highest BCUT2D eigenvalue weighted by atomic mass is 16.6. The molecule has 0 saturated carbocycles. The molecule has 7 nitrogen and oxygen atoms in total. The highest BCUT2D eigenvalue weighted by molar-refractivity contribution is 5.74. The average molecular weight is 277 g/mol. The fraction of sp³-hybridized carbons (Fsp3) is 0.385. The van der Waals surface area contributed by atoms with Gasteiger partial charge < -0.3 is 25.2 Å². The first-order chi connectivity index (χ1) is 9.65. The molecule has 106 valence electrons. The predicted molar refractivity (Wildman–Crippen MR) is 72.7 cm³/mol. The van der Waals surface area contributed by atoms with E-state index in [9.17, 15) is 9.59 Å². The molecule has 1 aliphatic heterocycles. The molecule has 1 aromatic carbocycles. The van der Waals surface area contributed by atoms with Crippen LogP contribution in [0.3, 0.4) is 0 Å². The number of ether oxygens (including phenoxy) is 2. The molecule has 2 unspecified atom stereocenters. The van der Waals surface area contributed by atoms with Gasteiger partial charge in [0.2, 0.25) is 0 Å². The second-order valence-electron chi connectivity index (χ2n) is 4.72. The van der Waals surface area contributed by atoms with Gasteiger partial charge in [-0.1, -0.05) is 6.07 Å². The van der Waals surface area contributed by atoms with Crippen LogP contribution < -0.4 is 16.9 Å². The fourth-order valence-electron chi connectivity index (χ4n) is 2.27. The zero-order chi connectivity index (χ0) is 14.1. The van der Waals surface area contributed by atoms with Gasteiger partial charge in [-0.2, -0.15) is 0 Å². The molecule has 4 N–H and O–H groups in total. The number of nitrogens with one attached hydrogen (secondary N) is 2. The van der Waals surface area contributed by atoms with Gasteiger partial charge in [0.05, 0.1) is 36.9 Å². The quantitative estimate of drug-likeness (QED) is 0.649. The highest BCUT2D eigenvalue weighted by Gasteiger charge is 2.23. The third-order valence-electron chi connectivity index (χ3n) is 3.37. The summed E-state index contributed by atoms with van der Waals surface area (Å²) in [6.07, 6.45) is -0.212. The Labute approximate surface area is 113 Å². The zero-order valence-corrected chi connectivity index (χ0v) is 10.7. The molecule has 2 aromatic rings. The summed E-state index contributed by atoms with van der Waals surface area (Å²) in [6, 6.07) is 4.91. The van der Waals surface area contributed by atoms with Crippen LogP contribution in [0, 0.1) is 0 Å². The van der Waals surface area contributed by atoms with E-state index in [-0.39, 0.29) is 12.1 Å². The fourth-order valence-corrected chi connectivity index (χ4v) is 2.27. The van der Waals surface area contributed by atoms with E-state index >= 15 is 0 Å². The molecule has 1 aliphatic rings. The van der Waals surface area contributed by atoms with Crippen molar-refractivity contribution in [2.45, 2.75) is 12.1 Å². The SMILES string of the molecule is NC(c1ccc2[nH]c(=O)c(=O)[nH]c2c1)C1COCCO1. The van der Waals surface area contributed by atoms with Crippen LogP contribution in [0.4, 0.5) is 0 Å². The molecule has 1 fully saturated rings. The number of H-pyrrole nitrogens is 2. The molecule has 0 spiro atoms. The molecule has 20 heavy (non-hydrogen) atoms. The van der Waals surface area contributed by atoms with Crippen LogP contribution in [0.25, 0.3) is 11.0 Å². The molecule has 0 bridgehead atoms. The van der Waals surface area contributed by atoms with E-state index in [1.807, 2.05) is 0 Å². The Morgan fingerprint density at radius 3 is 2.60 bits per heavy atom. The lowest BCUT2D eigenvalue weighted by Crippen LogP contribution is -2.37. The summed E-state index contributed by atoms with van der Waals surface area (Å²) in [4.78, 5) is 27.6. The van der Waals surface area contributed by atoms with Gasteiger partial charge in [0.15, 0.2) is 0 Å². The molecular weight excluding hydrogens is 262 g/mol. The summed E-state index contributed by atoms with van der Waals surface area (Å²) in [7, 11) is 0. The van der Waals surface area contributed by atoms with Crippen LogP contribution in [0.2, 0.25) is 0 Å². The minimum absolute atomic E-state index is 0.212. The summed E-state index contributed by atoms with van der Waals surface area (Å²) in [6.45, 7) is 1.55. The first-order valence-electron chi connectivity index (χ1n) is 6.36. The van der Waals surface area contributed by atoms with Gasteiger partial charge >= 0.3 is 11.1 Å². The zero-order valence-electron chi connectivity index (χ0n) is 10.7. The Hall–Kier alpha value is -1.96. The Kier molecular flexibility index (Phi) is 3.39. The van der Waals surface area contributed by atoms with Crippen molar-refractivity contribution in [3.63, 3.8) is 0 Å². The monoisotopic (exact) mass is 277 g/mol. The Bertz CT molecular complexity index is 730. The van der Waals surface area contributed by atoms with Crippen molar-refractivity contribution in [2.24, 2.45) is 5.73 Å². The number of aromatic amines is 2. The van der Waals surface area contributed by atoms with E-state index in [0.29, 0.717) is 30.9 Å². The third kappa shape index (κ3) is 2.38. The van der Waals surface area contributed by atoms with Crippen molar-refractivity contribution < 1.29 is 9.47 Å². The number of benzene rings is 1. The van der Waals surface area contributed by atoms with E-state index in [4.69, 9.17) is 15.2 Å². The summed E-state index contributed by atoms with van der Waals surface area (Å²) >= 11 is 0. The lowest BCUT2D eigenvalue weighted by molar-refractivity contribution is -0.0975. The van der Waals surface area contributed by atoms with Gasteiger partial charge in [-0.25, -0.2) is 0 Å². The average Bonchev–Trinajstić information content (AvgIpc) is 2.48. The van der Waals surface area contributed by atoms with E-state index in [1.165, 1.54) is 0 Å². The van der Waals surface area contributed by atoms with Crippen molar-refractivity contribution in [3.05, 3.63) is 44.5 Å². The Morgan fingerprint density at radius 2 is 1.90 bits per heavy atom. The van der Waals surface area contributed by atoms with Crippen molar-refractivity contribution in [3.8, 4) is 0 Å². The lowest BCUT2D eigenvalue weighted by atomic mass is 10.0. The topological polar surface area (TPSA) is 110 Å². The smallest absolute Gasteiger partial charge is 0.314 e. The summed E-state index contributed by atoms with van der Waals surface area (Å²) in [5.74, 6) is 0. The number of hydrogen-bond acceptors (Lipinski definition) is 5. The number of fused-ring (bicyclic) bond motifs is 1. The molecule has 3 rings (SSSR count). The molecule has 2 atom stereocenters. The second kappa shape index (κ2) is 5.20. The Balaban J connectivity index is 1.97. The maximum atomic E-state index is 11.3.